The summed E-state index contributed by atoms with van der Waals surface area (Å²) in [5.41, 5.74) is 0. The standard InChI is InChI=1S/C12H17NO4/c14-10(15)6-3-7-13-11(16)8-4-1-2-5-9(8)12(13)17/h8-9H,1-7H2,(H,14,15)/p-1/t8-,9-/m1/s1. The maximum Gasteiger partial charge on any atom is 0.233 e. The predicted molar refractivity (Wildman–Crippen MR) is 56.4 cm³/mol. The van der Waals surface area contributed by atoms with Crippen molar-refractivity contribution >= 4 is 17.8 Å². The Morgan fingerprint density at radius 3 is 2.18 bits per heavy atom. The fourth-order valence-corrected chi connectivity index (χ4v) is 2.83. The molecule has 0 aromatic carbocycles. The number of carbonyl (C=O) groups excluding carboxylic acids is 3. The lowest BCUT2D eigenvalue weighted by molar-refractivity contribution is -0.305. The van der Waals surface area contributed by atoms with Gasteiger partial charge >= 0.3 is 0 Å². The van der Waals surface area contributed by atoms with Gasteiger partial charge in [-0.05, 0) is 25.7 Å². The van der Waals surface area contributed by atoms with Gasteiger partial charge in [-0.3, -0.25) is 14.5 Å². The first kappa shape index (κ1) is 12.1. The number of hydrogen-bond donors (Lipinski definition) is 0. The molecule has 2 rings (SSSR count). The molecule has 0 unspecified atom stereocenters. The number of rotatable bonds is 4. The molecule has 1 aliphatic heterocycles. The van der Waals surface area contributed by atoms with Crippen molar-refractivity contribution in [2.75, 3.05) is 6.54 Å². The lowest BCUT2D eigenvalue weighted by Gasteiger charge is -2.19. The second-order valence-corrected chi connectivity index (χ2v) is 4.80. The first-order chi connectivity index (χ1) is 8.11. The van der Waals surface area contributed by atoms with E-state index in [1.54, 1.807) is 0 Å². The van der Waals surface area contributed by atoms with E-state index in [0.29, 0.717) is 6.42 Å². The van der Waals surface area contributed by atoms with Crippen LogP contribution in [0.3, 0.4) is 0 Å². The quantitative estimate of drug-likeness (QED) is 0.629. The van der Waals surface area contributed by atoms with Gasteiger partial charge in [0.2, 0.25) is 11.8 Å². The number of imide groups is 1. The fourth-order valence-electron chi connectivity index (χ4n) is 2.83. The zero-order chi connectivity index (χ0) is 12.4. The summed E-state index contributed by atoms with van der Waals surface area (Å²) in [6.07, 6.45) is 3.80. The van der Waals surface area contributed by atoms with Gasteiger partial charge in [0.15, 0.2) is 0 Å². The van der Waals surface area contributed by atoms with E-state index in [1.807, 2.05) is 0 Å². The molecule has 2 amide bonds. The van der Waals surface area contributed by atoms with Gasteiger partial charge in [-0.25, -0.2) is 0 Å². The van der Waals surface area contributed by atoms with Crippen LogP contribution in [0.4, 0.5) is 0 Å². The Hall–Kier alpha value is -1.39. The Kier molecular flexibility index (Phi) is 3.45. The van der Waals surface area contributed by atoms with Gasteiger partial charge < -0.3 is 9.90 Å². The number of carboxylic acid groups (broad SMARTS) is 1. The highest BCUT2D eigenvalue weighted by atomic mass is 16.4. The molecule has 0 radical (unpaired) electrons. The minimum atomic E-state index is -1.14. The molecule has 0 aromatic rings. The summed E-state index contributed by atoms with van der Waals surface area (Å²) in [5, 5.41) is 10.3. The van der Waals surface area contributed by atoms with Crippen LogP contribution in [0.2, 0.25) is 0 Å². The minimum absolute atomic E-state index is 0.0990. The van der Waals surface area contributed by atoms with Crippen molar-refractivity contribution in [1.29, 1.82) is 0 Å². The Morgan fingerprint density at radius 1 is 1.18 bits per heavy atom. The average molecular weight is 238 g/mol. The van der Waals surface area contributed by atoms with Gasteiger partial charge in [0, 0.05) is 12.5 Å². The van der Waals surface area contributed by atoms with Gasteiger partial charge in [-0.1, -0.05) is 12.8 Å². The number of likely N-dealkylation sites (tertiary alicyclic amines) is 1. The first-order valence-corrected chi connectivity index (χ1v) is 6.16. The Balaban J connectivity index is 1.96. The second-order valence-electron chi connectivity index (χ2n) is 4.80. The van der Waals surface area contributed by atoms with E-state index in [4.69, 9.17) is 0 Å². The van der Waals surface area contributed by atoms with E-state index in [1.165, 1.54) is 4.90 Å². The van der Waals surface area contributed by atoms with Crippen LogP contribution in [0.5, 0.6) is 0 Å². The number of carboxylic acids is 1. The van der Waals surface area contributed by atoms with Crippen molar-refractivity contribution in [3.05, 3.63) is 0 Å². The van der Waals surface area contributed by atoms with Crippen LogP contribution >= 0.6 is 0 Å². The molecule has 2 atom stereocenters. The highest BCUT2D eigenvalue weighted by Crippen LogP contribution is 2.37. The Labute approximate surface area is 99.8 Å². The Bertz CT molecular complexity index is 328. The smallest absolute Gasteiger partial charge is 0.233 e. The minimum Gasteiger partial charge on any atom is -0.550 e. The molecular formula is C12H16NO4-. The zero-order valence-corrected chi connectivity index (χ0v) is 9.68. The molecule has 0 aromatic heterocycles. The Morgan fingerprint density at radius 2 is 1.71 bits per heavy atom. The third-order valence-corrected chi connectivity index (χ3v) is 3.70. The molecule has 94 valence electrons. The van der Waals surface area contributed by atoms with E-state index >= 15 is 0 Å². The van der Waals surface area contributed by atoms with Crippen LogP contribution in [0.15, 0.2) is 0 Å². The molecule has 1 saturated heterocycles. The molecular weight excluding hydrogens is 222 g/mol. The average Bonchev–Trinajstić information content (AvgIpc) is 2.54. The van der Waals surface area contributed by atoms with E-state index in [9.17, 15) is 19.5 Å². The van der Waals surface area contributed by atoms with Crippen molar-refractivity contribution in [1.82, 2.24) is 4.90 Å². The first-order valence-electron chi connectivity index (χ1n) is 6.16. The van der Waals surface area contributed by atoms with Crippen molar-refractivity contribution in [2.24, 2.45) is 11.8 Å². The summed E-state index contributed by atoms with van der Waals surface area (Å²) in [6.45, 7) is 0.221. The van der Waals surface area contributed by atoms with E-state index in [0.717, 1.165) is 25.7 Å². The monoisotopic (exact) mass is 238 g/mol. The van der Waals surface area contributed by atoms with Gasteiger partial charge in [-0.2, -0.15) is 0 Å². The van der Waals surface area contributed by atoms with Crippen molar-refractivity contribution in [3.63, 3.8) is 0 Å². The fraction of sp³-hybridized carbons (Fsp3) is 0.750. The molecule has 0 bridgehead atoms. The molecule has 1 aliphatic carbocycles. The molecule has 5 nitrogen and oxygen atoms in total. The third-order valence-electron chi connectivity index (χ3n) is 3.70. The van der Waals surface area contributed by atoms with Crippen LogP contribution in [0.25, 0.3) is 0 Å². The number of aliphatic carboxylic acids is 1. The summed E-state index contributed by atoms with van der Waals surface area (Å²) >= 11 is 0. The summed E-state index contributed by atoms with van der Waals surface area (Å²) < 4.78 is 0. The molecule has 2 aliphatic rings. The highest BCUT2D eigenvalue weighted by Gasteiger charge is 2.47. The van der Waals surface area contributed by atoms with Crippen LogP contribution in [-0.4, -0.2) is 29.2 Å². The lowest BCUT2D eigenvalue weighted by Crippen LogP contribution is -2.33. The van der Waals surface area contributed by atoms with E-state index in [2.05, 4.69) is 0 Å². The van der Waals surface area contributed by atoms with E-state index < -0.39 is 5.97 Å². The third kappa shape index (κ3) is 2.33. The predicted octanol–water partition coefficient (Wildman–Crippen LogP) is -0.308. The van der Waals surface area contributed by atoms with Gasteiger partial charge in [0.1, 0.15) is 0 Å². The number of nitrogens with zero attached hydrogens (tertiary/aromatic N) is 1. The molecule has 1 heterocycles. The summed E-state index contributed by atoms with van der Waals surface area (Å²) in [5.74, 6) is -1.61. The molecule has 1 saturated carbocycles. The van der Waals surface area contributed by atoms with Crippen LogP contribution in [0, 0.1) is 11.8 Å². The highest BCUT2D eigenvalue weighted by molar-refractivity contribution is 6.05. The van der Waals surface area contributed by atoms with Crippen molar-refractivity contribution < 1.29 is 19.5 Å². The topological polar surface area (TPSA) is 77.5 Å². The molecule has 17 heavy (non-hydrogen) atoms. The maximum absolute atomic E-state index is 12.0. The second kappa shape index (κ2) is 4.85. The number of fused-ring (bicyclic) bond motifs is 1. The normalized spacial score (nSPS) is 28.4. The number of hydrogen-bond acceptors (Lipinski definition) is 4. The van der Waals surface area contributed by atoms with Crippen molar-refractivity contribution in [3.8, 4) is 0 Å². The number of carbonyl (C=O) groups is 3. The van der Waals surface area contributed by atoms with Gasteiger partial charge in [-0.15, -0.1) is 0 Å². The van der Waals surface area contributed by atoms with Crippen LogP contribution in [-0.2, 0) is 14.4 Å². The summed E-state index contributed by atoms with van der Waals surface area (Å²) in [6, 6.07) is 0. The molecule has 0 N–H and O–H groups in total. The molecule has 5 heteroatoms. The van der Waals surface area contributed by atoms with Gasteiger partial charge in [0.05, 0.1) is 11.8 Å². The van der Waals surface area contributed by atoms with Gasteiger partial charge in [0.25, 0.3) is 0 Å². The van der Waals surface area contributed by atoms with Crippen LogP contribution in [0.1, 0.15) is 38.5 Å². The largest absolute Gasteiger partial charge is 0.550 e. The van der Waals surface area contributed by atoms with Crippen molar-refractivity contribution in [2.45, 2.75) is 38.5 Å². The molecule has 0 spiro atoms. The SMILES string of the molecule is O=C([O-])CCCN1C(=O)[C@@H]2CCCC[C@H]2C1=O. The summed E-state index contributed by atoms with van der Waals surface area (Å²) in [4.78, 5) is 35.5. The summed E-state index contributed by atoms with van der Waals surface area (Å²) in [7, 11) is 0. The van der Waals surface area contributed by atoms with E-state index in [-0.39, 0.29) is 36.6 Å². The molecule has 2 fully saturated rings. The van der Waals surface area contributed by atoms with Crippen LogP contribution < -0.4 is 5.11 Å². The zero-order valence-electron chi connectivity index (χ0n) is 9.68. The number of amides is 2. The maximum atomic E-state index is 12.0. The lowest BCUT2D eigenvalue weighted by atomic mass is 9.81.